The van der Waals surface area contributed by atoms with Gasteiger partial charge in [0.1, 0.15) is 16.7 Å². The summed E-state index contributed by atoms with van der Waals surface area (Å²) in [5.41, 5.74) is 1.08. The van der Waals surface area contributed by atoms with Gasteiger partial charge in [-0.3, -0.25) is 4.79 Å². The smallest absolute Gasteiger partial charge is 0.263 e. The van der Waals surface area contributed by atoms with Crippen LogP contribution in [0, 0.1) is 5.82 Å². The van der Waals surface area contributed by atoms with Crippen molar-refractivity contribution in [1.82, 2.24) is 5.32 Å². The van der Waals surface area contributed by atoms with Crippen LogP contribution in [-0.2, 0) is 11.4 Å². The summed E-state index contributed by atoms with van der Waals surface area (Å²) in [4.78, 5) is 12.3. The van der Waals surface area contributed by atoms with Gasteiger partial charge in [0.15, 0.2) is 11.5 Å². The molecule has 0 bridgehead atoms. The number of benzene rings is 2. The minimum Gasteiger partial charge on any atom is -0.490 e. The fraction of sp³-hybridized carbons (Fsp3) is 0.158. The van der Waals surface area contributed by atoms with E-state index in [4.69, 9.17) is 33.3 Å². The van der Waals surface area contributed by atoms with Gasteiger partial charge >= 0.3 is 0 Å². The lowest BCUT2D eigenvalue weighted by Gasteiger charge is -2.15. The van der Waals surface area contributed by atoms with Gasteiger partial charge in [0, 0.05) is 5.56 Å². The summed E-state index contributed by atoms with van der Waals surface area (Å²) in [5, 5.41) is 2.86. The summed E-state index contributed by atoms with van der Waals surface area (Å²) in [5.74, 6) is 0.134. The van der Waals surface area contributed by atoms with Crippen LogP contribution in [0.3, 0.4) is 0 Å². The van der Waals surface area contributed by atoms with Crippen LogP contribution in [0.5, 0.6) is 11.5 Å². The van der Waals surface area contributed by atoms with E-state index in [1.807, 2.05) is 6.92 Å². The number of amides is 1. The van der Waals surface area contributed by atoms with E-state index >= 15 is 0 Å². The number of nitrogens with one attached hydrogen (secondary N) is 1. The first-order valence-corrected chi connectivity index (χ1v) is 9.65. The Labute approximate surface area is 170 Å². The van der Waals surface area contributed by atoms with Crippen molar-refractivity contribution >= 4 is 51.9 Å². The van der Waals surface area contributed by atoms with E-state index in [-0.39, 0.29) is 18.3 Å². The maximum Gasteiger partial charge on any atom is 0.263 e. The summed E-state index contributed by atoms with van der Waals surface area (Å²) >= 11 is 12.5. The summed E-state index contributed by atoms with van der Waals surface area (Å²) < 4.78 is 25.6. The molecule has 1 aliphatic heterocycles. The molecule has 1 amide bonds. The first kappa shape index (κ1) is 19.7. The molecule has 0 unspecified atom stereocenters. The minimum atomic E-state index is -0.354. The molecule has 3 rings (SSSR count). The average molecular weight is 424 g/mol. The third-order valence-electron chi connectivity index (χ3n) is 3.60. The Kier molecular flexibility index (Phi) is 6.36. The summed E-state index contributed by atoms with van der Waals surface area (Å²) in [7, 11) is 0. The van der Waals surface area contributed by atoms with E-state index in [2.05, 4.69) is 5.32 Å². The predicted octanol–water partition coefficient (Wildman–Crippen LogP) is 4.95. The lowest BCUT2D eigenvalue weighted by atomic mass is 10.1. The number of hydrogen-bond donors (Lipinski definition) is 1. The standard InChI is InChI=1S/C19H15ClFNO3S2/c1-2-24-15-8-11(9-16-18(23)22-19(26)27-16)7-13(20)17(15)25-10-12-5-3-4-6-14(12)21/h3-9H,2,10H2,1H3,(H,22,23,26)/b16-9-. The van der Waals surface area contributed by atoms with Crippen LogP contribution in [0.25, 0.3) is 6.08 Å². The molecule has 0 spiro atoms. The van der Waals surface area contributed by atoms with Gasteiger partial charge in [-0.15, -0.1) is 0 Å². The molecule has 0 atom stereocenters. The number of carbonyl (C=O) groups excluding carboxylic acids is 1. The number of carbonyl (C=O) groups is 1. The van der Waals surface area contributed by atoms with Gasteiger partial charge in [-0.2, -0.15) is 0 Å². The van der Waals surface area contributed by atoms with Crippen molar-refractivity contribution in [2.45, 2.75) is 13.5 Å². The highest BCUT2D eigenvalue weighted by molar-refractivity contribution is 8.26. The molecule has 8 heteroatoms. The summed E-state index contributed by atoms with van der Waals surface area (Å²) in [6.45, 7) is 2.24. The van der Waals surface area contributed by atoms with Crippen molar-refractivity contribution in [3.05, 3.63) is 63.3 Å². The molecule has 0 radical (unpaired) electrons. The molecule has 2 aromatic carbocycles. The zero-order valence-corrected chi connectivity index (χ0v) is 16.6. The molecule has 1 fully saturated rings. The highest BCUT2D eigenvalue weighted by Gasteiger charge is 2.22. The van der Waals surface area contributed by atoms with Crippen molar-refractivity contribution in [3.8, 4) is 11.5 Å². The van der Waals surface area contributed by atoms with Crippen LogP contribution in [0.4, 0.5) is 4.39 Å². The van der Waals surface area contributed by atoms with Crippen LogP contribution >= 0.6 is 35.6 Å². The van der Waals surface area contributed by atoms with Crippen LogP contribution < -0.4 is 14.8 Å². The van der Waals surface area contributed by atoms with Crippen LogP contribution in [-0.4, -0.2) is 16.8 Å². The van der Waals surface area contributed by atoms with E-state index in [1.54, 1.807) is 36.4 Å². The van der Waals surface area contributed by atoms with E-state index in [0.29, 0.717) is 43.5 Å². The molecule has 140 valence electrons. The molecular weight excluding hydrogens is 409 g/mol. The van der Waals surface area contributed by atoms with Gasteiger partial charge < -0.3 is 14.8 Å². The van der Waals surface area contributed by atoms with Crippen LogP contribution in [0.2, 0.25) is 5.02 Å². The van der Waals surface area contributed by atoms with Gasteiger partial charge in [-0.05, 0) is 36.8 Å². The second-order valence-corrected chi connectivity index (χ2v) is 7.62. The third-order valence-corrected chi connectivity index (χ3v) is 5.04. The number of hydrogen-bond acceptors (Lipinski definition) is 5. The second-order valence-electron chi connectivity index (χ2n) is 5.50. The molecule has 1 N–H and O–H groups in total. The zero-order valence-electron chi connectivity index (χ0n) is 14.3. The van der Waals surface area contributed by atoms with E-state index in [9.17, 15) is 9.18 Å². The molecule has 0 saturated carbocycles. The largest absolute Gasteiger partial charge is 0.490 e. The molecule has 1 aliphatic rings. The molecule has 4 nitrogen and oxygen atoms in total. The first-order chi connectivity index (χ1) is 13.0. The van der Waals surface area contributed by atoms with Crippen molar-refractivity contribution in [3.63, 3.8) is 0 Å². The number of halogens is 2. The molecule has 27 heavy (non-hydrogen) atoms. The first-order valence-electron chi connectivity index (χ1n) is 8.05. The van der Waals surface area contributed by atoms with Gasteiger partial charge in [0.2, 0.25) is 0 Å². The summed E-state index contributed by atoms with van der Waals surface area (Å²) in [6.07, 6.45) is 1.67. The average Bonchev–Trinajstić information content (AvgIpc) is 2.93. The SMILES string of the molecule is CCOc1cc(/C=C2\SC(=S)NC2=O)cc(Cl)c1OCc1ccccc1F. The zero-order chi connectivity index (χ0) is 19.4. The third kappa shape index (κ3) is 4.80. The number of thiocarbonyl (C=S) groups is 1. The topological polar surface area (TPSA) is 47.6 Å². The Balaban J connectivity index is 1.88. The normalized spacial score (nSPS) is 15.1. The van der Waals surface area contributed by atoms with Crippen molar-refractivity contribution in [1.29, 1.82) is 0 Å². The van der Waals surface area contributed by atoms with Crippen molar-refractivity contribution in [2.24, 2.45) is 0 Å². The fourth-order valence-corrected chi connectivity index (χ4v) is 3.73. The van der Waals surface area contributed by atoms with Gasteiger partial charge in [0.05, 0.1) is 16.5 Å². The number of ether oxygens (including phenoxy) is 2. The Morgan fingerprint density at radius 1 is 1.30 bits per heavy atom. The molecule has 0 aromatic heterocycles. The Morgan fingerprint density at radius 3 is 2.74 bits per heavy atom. The van der Waals surface area contributed by atoms with Crippen molar-refractivity contribution < 1.29 is 18.7 Å². The maximum atomic E-state index is 13.8. The maximum absolute atomic E-state index is 13.8. The Bertz CT molecular complexity index is 933. The second kappa shape index (κ2) is 8.73. The Morgan fingerprint density at radius 2 is 2.07 bits per heavy atom. The lowest BCUT2D eigenvalue weighted by molar-refractivity contribution is -0.115. The Hall–Kier alpha value is -2.09. The molecule has 2 aromatic rings. The molecule has 0 aliphatic carbocycles. The van der Waals surface area contributed by atoms with Crippen molar-refractivity contribution in [2.75, 3.05) is 6.61 Å². The molecule has 1 heterocycles. The van der Waals surface area contributed by atoms with Gasteiger partial charge in [-0.25, -0.2) is 4.39 Å². The van der Waals surface area contributed by atoms with Crippen LogP contribution in [0.15, 0.2) is 41.3 Å². The van der Waals surface area contributed by atoms with Crippen LogP contribution in [0.1, 0.15) is 18.1 Å². The minimum absolute atomic E-state index is 0.0133. The monoisotopic (exact) mass is 423 g/mol. The van der Waals surface area contributed by atoms with E-state index in [1.165, 1.54) is 17.8 Å². The highest BCUT2D eigenvalue weighted by Crippen LogP contribution is 2.38. The fourth-order valence-electron chi connectivity index (χ4n) is 2.41. The molecular formula is C19H15ClFNO3S2. The lowest BCUT2D eigenvalue weighted by Crippen LogP contribution is -2.17. The number of rotatable bonds is 6. The predicted molar refractivity (Wildman–Crippen MR) is 110 cm³/mol. The van der Waals surface area contributed by atoms with E-state index in [0.717, 1.165) is 0 Å². The highest BCUT2D eigenvalue weighted by atomic mass is 35.5. The summed E-state index contributed by atoms with van der Waals surface area (Å²) in [6, 6.07) is 9.73. The number of thioether (sulfide) groups is 1. The quantitative estimate of drug-likeness (QED) is 0.526. The van der Waals surface area contributed by atoms with Gasteiger partial charge in [0.25, 0.3) is 5.91 Å². The van der Waals surface area contributed by atoms with Gasteiger partial charge in [-0.1, -0.05) is 53.8 Å². The van der Waals surface area contributed by atoms with E-state index < -0.39 is 0 Å². The molecule has 1 saturated heterocycles.